The first-order chi connectivity index (χ1) is 4.88. The Hall–Kier alpha value is -0.275. The van der Waals surface area contributed by atoms with E-state index in [1.807, 2.05) is 18.2 Å². The van der Waals surface area contributed by atoms with Crippen LogP contribution in [0.15, 0.2) is 22.7 Å². The van der Waals surface area contributed by atoms with E-state index in [0.29, 0.717) is 6.61 Å². The van der Waals surface area contributed by atoms with E-state index in [4.69, 9.17) is 4.65 Å². The number of hydrogen-bond donors (Lipinski definition) is 0. The second-order valence-corrected chi connectivity index (χ2v) is 3.09. The molecule has 1 aliphatic rings. The highest BCUT2D eigenvalue weighted by Crippen LogP contribution is 2.17. The third-order valence-electron chi connectivity index (χ3n) is 1.59. The summed E-state index contributed by atoms with van der Waals surface area (Å²) in [4.78, 5) is 0. The Bertz CT molecular complexity index is 262. The molecule has 0 fully saturated rings. The average Bonchev–Trinajstić information content (AvgIpc) is 2.36. The maximum atomic E-state index is 5.14. The van der Waals surface area contributed by atoms with E-state index < -0.39 is 0 Å². The van der Waals surface area contributed by atoms with Gasteiger partial charge in [-0.15, -0.1) is 0 Å². The van der Waals surface area contributed by atoms with Crippen molar-refractivity contribution in [2.24, 2.45) is 0 Å². The van der Waals surface area contributed by atoms with E-state index in [9.17, 15) is 0 Å². The molecule has 3 heteroatoms. The standard InChI is InChI=1S/C7H5BBrO/c9-7-3-1-2-6-5(7)4-10-8-6/h1-3H,4H2. The first kappa shape index (κ1) is 6.44. The van der Waals surface area contributed by atoms with Crippen molar-refractivity contribution in [1.82, 2.24) is 0 Å². The molecule has 49 valence electrons. The number of fused-ring (bicyclic) bond motifs is 1. The van der Waals surface area contributed by atoms with Crippen LogP contribution in [0.2, 0.25) is 0 Å². The zero-order chi connectivity index (χ0) is 6.97. The van der Waals surface area contributed by atoms with Gasteiger partial charge >= 0.3 is 7.48 Å². The lowest BCUT2D eigenvalue weighted by molar-refractivity contribution is 0.344. The van der Waals surface area contributed by atoms with Crippen molar-refractivity contribution in [2.45, 2.75) is 6.61 Å². The molecule has 0 aromatic heterocycles. The molecule has 0 amide bonds. The monoisotopic (exact) mass is 195 g/mol. The lowest BCUT2D eigenvalue weighted by Gasteiger charge is -1.97. The number of benzene rings is 1. The summed E-state index contributed by atoms with van der Waals surface area (Å²) in [6.07, 6.45) is 0. The largest absolute Gasteiger partial charge is 0.430 e. The third kappa shape index (κ3) is 0.898. The lowest BCUT2D eigenvalue weighted by Crippen LogP contribution is -2.10. The molecule has 0 unspecified atom stereocenters. The molecule has 0 saturated carbocycles. The third-order valence-corrected chi connectivity index (χ3v) is 2.34. The van der Waals surface area contributed by atoms with Gasteiger partial charge in [0.1, 0.15) is 0 Å². The summed E-state index contributed by atoms with van der Waals surface area (Å²) in [5, 5.41) is 0. The number of hydrogen-bond acceptors (Lipinski definition) is 1. The van der Waals surface area contributed by atoms with Gasteiger partial charge in [-0.1, -0.05) is 28.1 Å². The van der Waals surface area contributed by atoms with E-state index >= 15 is 0 Å². The van der Waals surface area contributed by atoms with E-state index in [-0.39, 0.29) is 0 Å². The van der Waals surface area contributed by atoms with Crippen LogP contribution in [0.5, 0.6) is 0 Å². The maximum Gasteiger partial charge on any atom is 0.330 e. The Morgan fingerprint density at radius 2 is 2.40 bits per heavy atom. The average molecular weight is 196 g/mol. The van der Waals surface area contributed by atoms with Gasteiger partial charge < -0.3 is 4.65 Å². The van der Waals surface area contributed by atoms with Crippen LogP contribution in [-0.2, 0) is 11.3 Å². The van der Waals surface area contributed by atoms with Gasteiger partial charge in [-0.3, -0.25) is 0 Å². The molecule has 1 aromatic rings. The second kappa shape index (κ2) is 2.40. The summed E-state index contributed by atoms with van der Waals surface area (Å²) in [6.45, 7) is 0.705. The molecule has 1 heterocycles. The summed E-state index contributed by atoms with van der Waals surface area (Å²) >= 11 is 3.45. The van der Waals surface area contributed by atoms with Crippen LogP contribution in [0.4, 0.5) is 0 Å². The van der Waals surface area contributed by atoms with E-state index in [1.54, 1.807) is 7.48 Å². The van der Waals surface area contributed by atoms with Gasteiger partial charge in [0.15, 0.2) is 0 Å². The summed E-state index contributed by atoms with van der Waals surface area (Å²) in [5.41, 5.74) is 2.44. The molecule has 0 spiro atoms. The molecule has 0 aliphatic carbocycles. The van der Waals surface area contributed by atoms with Gasteiger partial charge in [0.05, 0.1) is 6.61 Å². The van der Waals surface area contributed by atoms with Crippen molar-refractivity contribution in [3.63, 3.8) is 0 Å². The Morgan fingerprint density at radius 3 is 3.20 bits per heavy atom. The normalized spacial score (nSPS) is 14.5. The SMILES string of the molecule is Brc1cccc2c1CO[B]2. The Labute approximate surface area is 68.8 Å². The molecule has 10 heavy (non-hydrogen) atoms. The van der Waals surface area contributed by atoms with E-state index in [0.717, 1.165) is 4.47 Å². The van der Waals surface area contributed by atoms with E-state index in [2.05, 4.69) is 15.9 Å². The van der Waals surface area contributed by atoms with Crippen molar-refractivity contribution in [2.75, 3.05) is 0 Å². The van der Waals surface area contributed by atoms with Gasteiger partial charge in [0.25, 0.3) is 0 Å². The molecule has 1 aromatic carbocycles. The van der Waals surface area contributed by atoms with Crippen molar-refractivity contribution >= 4 is 28.9 Å². The fraction of sp³-hybridized carbons (Fsp3) is 0.143. The Morgan fingerprint density at radius 1 is 1.50 bits per heavy atom. The van der Waals surface area contributed by atoms with Crippen molar-refractivity contribution in [3.05, 3.63) is 28.2 Å². The fourth-order valence-electron chi connectivity index (χ4n) is 1.05. The first-order valence-electron chi connectivity index (χ1n) is 3.10. The zero-order valence-corrected chi connectivity index (χ0v) is 6.89. The summed E-state index contributed by atoms with van der Waals surface area (Å²) in [6, 6.07) is 6.09. The number of halogens is 1. The minimum absolute atomic E-state index is 0.705. The van der Waals surface area contributed by atoms with Crippen LogP contribution in [0, 0.1) is 0 Å². The molecular weight excluding hydrogens is 191 g/mol. The quantitative estimate of drug-likeness (QED) is 0.566. The fourth-order valence-corrected chi connectivity index (χ4v) is 1.55. The highest BCUT2D eigenvalue weighted by Gasteiger charge is 2.14. The smallest absolute Gasteiger partial charge is 0.330 e. The zero-order valence-electron chi connectivity index (χ0n) is 5.30. The highest BCUT2D eigenvalue weighted by atomic mass is 79.9. The maximum absolute atomic E-state index is 5.14. The molecule has 0 saturated heterocycles. The molecule has 2 rings (SSSR count). The van der Waals surface area contributed by atoms with Crippen molar-refractivity contribution in [1.29, 1.82) is 0 Å². The Kier molecular flexibility index (Phi) is 1.55. The topological polar surface area (TPSA) is 9.23 Å². The van der Waals surface area contributed by atoms with Gasteiger partial charge in [-0.05, 0) is 17.1 Å². The van der Waals surface area contributed by atoms with Crippen LogP contribution in [0.25, 0.3) is 0 Å². The van der Waals surface area contributed by atoms with Crippen LogP contribution in [0.3, 0.4) is 0 Å². The summed E-state index contributed by atoms with van der Waals surface area (Å²) < 4.78 is 6.28. The van der Waals surface area contributed by atoms with Crippen molar-refractivity contribution < 1.29 is 4.65 Å². The van der Waals surface area contributed by atoms with E-state index in [1.165, 1.54) is 11.0 Å². The number of rotatable bonds is 0. The Balaban J connectivity index is 2.59. The minimum Gasteiger partial charge on any atom is -0.430 e. The predicted molar refractivity (Wildman–Crippen MR) is 44.3 cm³/mol. The predicted octanol–water partition coefficient (Wildman–Crippen LogP) is 1.22. The van der Waals surface area contributed by atoms with Gasteiger partial charge in [0, 0.05) is 4.47 Å². The molecule has 0 bridgehead atoms. The molecule has 1 nitrogen and oxygen atoms in total. The van der Waals surface area contributed by atoms with Crippen LogP contribution < -0.4 is 5.46 Å². The van der Waals surface area contributed by atoms with Gasteiger partial charge in [0.2, 0.25) is 0 Å². The molecule has 0 N–H and O–H groups in total. The second-order valence-electron chi connectivity index (χ2n) is 2.24. The molecule has 1 radical (unpaired) electrons. The van der Waals surface area contributed by atoms with Crippen molar-refractivity contribution in [3.8, 4) is 0 Å². The molecule has 1 aliphatic heterocycles. The van der Waals surface area contributed by atoms with Gasteiger partial charge in [-0.2, -0.15) is 0 Å². The van der Waals surface area contributed by atoms with Gasteiger partial charge in [-0.25, -0.2) is 0 Å². The molecule has 0 atom stereocenters. The lowest BCUT2D eigenvalue weighted by atomic mass is 9.88. The first-order valence-corrected chi connectivity index (χ1v) is 3.89. The van der Waals surface area contributed by atoms with Crippen LogP contribution >= 0.6 is 15.9 Å². The highest BCUT2D eigenvalue weighted by molar-refractivity contribution is 9.10. The van der Waals surface area contributed by atoms with Crippen LogP contribution in [0.1, 0.15) is 5.56 Å². The summed E-state index contributed by atoms with van der Waals surface area (Å²) in [5.74, 6) is 0. The minimum atomic E-state index is 0.705. The molecular formula is C7H5BBrO. The summed E-state index contributed by atoms with van der Waals surface area (Å²) in [7, 11) is 1.79. The van der Waals surface area contributed by atoms with Crippen LogP contribution in [-0.4, -0.2) is 7.48 Å².